The molecule has 7 heteroatoms. The first-order valence-electron chi connectivity index (χ1n) is 11.9. The minimum Gasteiger partial charge on any atom is -0.481 e. The molecule has 34 heavy (non-hydrogen) atoms. The van der Waals surface area contributed by atoms with Gasteiger partial charge in [-0.1, -0.05) is 61.3 Å². The number of rotatable bonds is 7. The van der Waals surface area contributed by atoms with Crippen molar-refractivity contribution in [3.63, 3.8) is 0 Å². The van der Waals surface area contributed by atoms with Crippen LogP contribution in [0, 0.1) is 5.41 Å². The molecule has 1 N–H and O–H groups in total. The summed E-state index contributed by atoms with van der Waals surface area (Å²) in [7, 11) is 0. The SMILES string of the molecule is CC[C@@H](C1CCCO1)N1C(=O)[C@@](C)(CC(=O)O)CC(c2cccc(Cl)c2)[C@H]1c1ccc(Cl)cc1. The second-order valence-corrected chi connectivity index (χ2v) is 10.6. The molecule has 0 bridgehead atoms. The maximum Gasteiger partial charge on any atom is 0.304 e. The summed E-state index contributed by atoms with van der Waals surface area (Å²) in [5.74, 6) is -1.25. The number of amides is 1. The molecular formula is C27H31Cl2NO4. The monoisotopic (exact) mass is 503 g/mol. The number of halogens is 2. The first-order valence-corrected chi connectivity index (χ1v) is 12.7. The number of carbonyl (C=O) groups excluding carboxylic acids is 1. The molecule has 5 nitrogen and oxygen atoms in total. The second-order valence-electron chi connectivity index (χ2n) is 9.73. The molecule has 0 aliphatic carbocycles. The average Bonchev–Trinajstić information content (AvgIpc) is 3.32. The number of benzene rings is 2. The zero-order valence-electron chi connectivity index (χ0n) is 19.5. The average molecular weight is 504 g/mol. The van der Waals surface area contributed by atoms with E-state index in [0.29, 0.717) is 29.5 Å². The first kappa shape index (κ1) is 25.0. The number of hydrogen-bond donors (Lipinski definition) is 1. The fraction of sp³-hybridized carbons (Fsp3) is 0.481. The summed E-state index contributed by atoms with van der Waals surface area (Å²) in [6.07, 6.45) is 2.66. The van der Waals surface area contributed by atoms with Gasteiger partial charge in [-0.3, -0.25) is 9.59 Å². The zero-order chi connectivity index (χ0) is 24.5. The molecule has 2 saturated heterocycles. The standard InChI is InChI=1S/C27H31Cl2NO4/c1-3-22(23-8-5-13-34-23)30-25(17-9-11-19(28)12-10-17)21(18-6-4-7-20(29)14-18)15-27(2,26(30)33)16-24(31)32/h4,6-7,9-12,14,21-23,25H,3,5,8,13,15-16H2,1-2H3,(H,31,32)/t21?,22-,23?,25+,27+/m0/s1. The normalized spacial score (nSPS) is 28.2. The zero-order valence-corrected chi connectivity index (χ0v) is 21.1. The van der Waals surface area contributed by atoms with Crippen LogP contribution in [0.25, 0.3) is 0 Å². The highest BCUT2D eigenvalue weighted by Gasteiger charge is 2.53. The van der Waals surface area contributed by atoms with Gasteiger partial charge in [0.2, 0.25) is 5.91 Å². The van der Waals surface area contributed by atoms with E-state index in [9.17, 15) is 14.7 Å². The number of ether oxygens (including phenoxy) is 1. The molecule has 2 aliphatic rings. The Balaban J connectivity index is 1.90. The van der Waals surface area contributed by atoms with E-state index >= 15 is 0 Å². The highest BCUT2D eigenvalue weighted by molar-refractivity contribution is 6.30. The van der Waals surface area contributed by atoms with E-state index in [4.69, 9.17) is 27.9 Å². The van der Waals surface area contributed by atoms with Crippen LogP contribution in [0.1, 0.15) is 69.0 Å². The summed E-state index contributed by atoms with van der Waals surface area (Å²) in [5.41, 5.74) is 0.911. The Morgan fingerprint density at radius 3 is 2.50 bits per heavy atom. The molecule has 2 aliphatic heterocycles. The van der Waals surface area contributed by atoms with Crippen molar-refractivity contribution in [3.05, 3.63) is 69.7 Å². The van der Waals surface area contributed by atoms with Gasteiger partial charge in [-0.25, -0.2) is 0 Å². The van der Waals surface area contributed by atoms with Crippen molar-refractivity contribution < 1.29 is 19.4 Å². The fourth-order valence-corrected chi connectivity index (χ4v) is 6.11. The maximum atomic E-state index is 14.2. The summed E-state index contributed by atoms with van der Waals surface area (Å²) in [6.45, 7) is 4.53. The minimum absolute atomic E-state index is 0.0732. The van der Waals surface area contributed by atoms with Crippen LogP contribution in [-0.4, -0.2) is 40.6 Å². The largest absolute Gasteiger partial charge is 0.481 e. The Morgan fingerprint density at radius 1 is 1.18 bits per heavy atom. The van der Waals surface area contributed by atoms with Crippen molar-refractivity contribution in [1.29, 1.82) is 0 Å². The van der Waals surface area contributed by atoms with Crippen LogP contribution in [0.2, 0.25) is 10.0 Å². The van der Waals surface area contributed by atoms with Crippen LogP contribution < -0.4 is 0 Å². The van der Waals surface area contributed by atoms with E-state index < -0.39 is 11.4 Å². The topological polar surface area (TPSA) is 66.8 Å². The number of carboxylic acids is 1. The van der Waals surface area contributed by atoms with E-state index in [2.05, 4.69) is 6.92 Å². The van der Waals surface area contributed by atoms with Crippen molar-refractivity contribution in [3.8, 4) is 0 Å². The van der Waals surface area contributed by atoms with E-state index in [1.54, 1.807) is 6.92 Å². The molecule has 4 rings (SSSR count). The number of aliphatic carboxylic acids is 1. The molecule has 0 aromatic heterocycles. The lowest BCUT2D eigenvalue weighted by Gasteiger charge is -2.52. The van der Waals surface area contributed by atoms with Gasteiger partial charge in [-0.05, 0) is 61.1 Å². The lowest BCUT2D eigenvalue weighted by Crippen LogP contribution is -2.58. The predicted molar refractivity (Wildman–Crippen MR) is 133 cm³/mol. The maximum absolute atomic E-state index is 14.2. The summed E-state index contributed by atoms with van der Waals surface area (Å²) in [4.78, 5) is 28.0. The van der Waals surface area contributed by atoms with Crippen LogP contribution in [0.15, 0.2) is 48.5 Å². The Morgan fingerprint density at radius 2 is 1.91 bits per heavy atom. The fourth-order valence-electron chi connectivity index (χ4n) is 5.79. The minimum atomic E-state index is -1.05. The summed E-state index contributed by atoms with van der Waals surface area (Å²) in [6, 6.07) is 14.8. The molecule has 2 aromatic rings. The lowest BCUT2D eigenvalue weighted by molar-refractivity contribution is -0.164. The van der Waals surface area contributed by atoms with E-state index in [1.165, 1.54) is 0 Å². The molecule has 182 valence electrons. The molecule has 0 saturated carbocycles. The van der Waals surface area contributed by atoms with Crippen LogP contribution in [0.5, 0.6) is 0 Å². The third kappa shape index (κ3) is 4.98. The molecule has 2 unspecified atom stereocenters. The van der Waals surface area contributed by atoms with E-state index in [-0.39, 0.29) is 36.4 Å². The molecule has 2 fully saturated rings. The lowest BCUT2D eigenvalue weighted by atomic mass is 9.66. The van der Waals surface area contributed by atoms with Gasteiger partial charge in [-0.15, -0.1) is 0 Å². The molecule has 2 heterocycles. The van der Waals surface area contributed by atoms with Crippen LogP contribution in [0.3, 0.4) is 0 Å². The quantitative estimate of drug-likeness (QED) is 0.468. The van der Waals surface area contributed by atoms with Gasteiger partial charge in [0.25, 0.3) is 0 Å². The van der Waals surface area contributed by atoms with Crippen LogP contribution in [-0.2, 0) is 14.3 Å². The van der Waals surface area contributed by atoms with Crippen molar-refractivity contribution in [2.24, 2.45) is 5.41 Å². The number of likely N-dealkylation sites (tertiary alicyclic amines) is 1. The Kier molecular flexibility index (Phi) is 7.56. The van der Waals surface area contributed by atoms with Crippen molar-refractivity contribution >= 4 is 35.1 Å². The number of nitrogens with zero attached hydrogens (tertiary/aromatic N) is 1. The number of carboxylic acid groups (broad SMARTS) is 1. The van der Waals surface area contributed by atoms with E-state index in [1.807, 2.05) is 53.4 Å². The van der Waals surface area contributed by atoms with Gasteiger partial charge in [0, 0.05) is 22.6 Å². The Labute approximate surface area is 211 Å². The van der Waals surface area contributed by atoms with Gasteiger partial charge in [0.05, 0.1) is 30.0 Å². The Bertz CT molecular complexity index is 1040. The molecule has 0 spiro atoms. The van der Waals surface area contributed by atoms with Gasteiger partial charge in [0.15, 0.2) is 0 Å². The summed E-state index contributed by atoms with van der Waals surface area (Å²) in [5, 5.41) is 11.0. The number of hydrogen-bond acceptors (Lipinski definition) is 3. The van der Waals surface area contributed by atoms with Crippen molar-refractivity contribution in [2.75, 3.05) is 6.61 Å². The predicted octanol–water partition coefficient (Wildman–Crippen LogP) is 6.49. The van der Waals surface area contributed by atoms with Crippen LogP contribution >= 0.6 is 23.2 Å². The number of carbonyl (C=O) groups is 2. The number of piperidine rings is 1. The molecule has 5 atom stereocenters. The smallest absolute Gasteiger partial charge is 0.304 e. The summed E-state index contributed by atoms with van der Waals surface area (Å²) < 4.78 is 6.07. The van der Waals surface area contributed by atoms with Crippen molar-refractivity contribution in [2.45, 2.75) is 70.1 Å². The molecule has 1 amide bonds. The molecular weight excluding hydrogens is 473 g/mol. The van der Waals surface area contributed by atoms with Gasteiger partial charge in [0.1, 0.15) is 0 Å². The molecule has 0 radical (unpaired) electrons. The first-order chi connectivity index (χ1) is 16.2. The second kappa shape index (κ2) is 10.3. The third-order valence-corrected chi connectivity index (χ3v) is 7.79. The Hall–Kier alpha value is -2.08. The van der Waals surface area contributed by atoms with Crippen LogP contribution in [0.4, 0.5) is 0 Å². The highest BCUT2D eigenvalue weighted by Crippen LogP contribution is 2.52. The highest BCUT2D eigenvalue weighted by atomic mass is 35.5. The molecule has 2 aromatic carbocycles. The van der Waals surface area contributed by atoms with Gasteiger partial charge < -0.3 is 14.7 Å². The van der Waals surface area contributed by atoms with Gasteiger partial charge >= 0.3 is 5.97 Å². The van der Waals surface area contributed by atoms with Gasteiger partial charge in [-0.2, -0.15) is 0 Å². The van der Waals surface area contributed by atoms with E-state index in [0.717, 1.165) is 24.0 Å². The summed E-state index contributed by atoms with van der Waals surface area (Å²) >= 11 is 12.6. The third-order valence-electron chi connectivity index (χ3n) is 7.30. The van der Waals surface area contributed by atoms with Crippen molar-refractivity contribution in [1.82, 2.24) is 4.90 Å².